The molecule has 2 heteroatoms. The van der Waals surface area contributed by atoms with Gasteiger partial charge in [-0.1, -0.05) is 55.0 Å². The second kappa shape index (κ2) is 5.38. The first-order chi connectivity index (χ1) is 11.1. The number of aryl methyl sites for hydroxylation is 1. The molecule has 2 nitrogen and oxygen atoms in total. The monoisotopic (exact) mass is 303 g/mol. The molecule has 1 aliphatic rings. The van der Waals surface area contributed by atoms with Gasteiger partial charge in [0, 0.05) is 35.4 Å². The maximum absolute atomic E-state index is 12.4. The van der Waals surface area contributed by atoms with Crippen molar-refractivity contribution < 1.29 is 4.79 Å². The van der Waals surface area contributed by atoms with E-state index in [0.29, 0.717) is 18.6 Å². The quantitative estimate of drug-likeness (QED) is 0.625. The molecule has 1 aliphatic carbocycles. The zero-order valence-electron chi connectivity index (χ0n) is 13.6. The van der Waals surface area contributed by atoms with Crippen LogP contribution in [0.1, 0.15) is 54.0 Å². The molecule has 2 atom stereocenters. The second-order valence-corrected chi connectivity index (χ2v) is 6.81. The largest absolute Gasteiger partial charge is 0.358 e. The highest BCUT2D eigenvalue weighted by Crippen LogP contribution is 2.42. The lowest BCUT2D eigenvalue weighted by Crippen LogP contribution is -2.06. The molecule has 116 valence electrons. The van der Waals surface area contributed by atoms with Crippen LogP contribution in [0, 0.1) is 6.92 Å². The number of carbonyl (C=O) groups is 1. The predicted molar refractivity (Wildman–Crippen MR) is 94.0 cm³/mol. The number of aromatic nitrogens is 1. The molecule has 1 aromatic heterocycles. The number of hydrogen-bond donors (Lipinski definition) is 1. The minimum atomic E-state index is 0.135. The fraction of sp³-hybridized carbons (Fsp3) is 0.286. The zero-order chi connectivity index (χ0) is 16.0. The Labute approximate surface area is 136 Å². The van der Waals surface area contributed by atoms with Gasteiger partial charge >= 0.3 is 0 Å². The van der Waals surface area contributed by atoms with E-state index in [4.69, 9.17) is 0 Å². The smallest absolute Gasteiger partial charge is 0.134 e. The van der Waals surface area contributed by atoms with Crippen LogP contribution in [0.4, 0.5) is 0 Å². The number of para-hydroxylation sites is 1. The number of ketones is 1. The lowest BCUT2D eigenvalue weighted by molar-refractivity contribution is -0.119. The summed E-state index contributed by atoms with van der Waals surface area (Å²) >= 11 is 0. The van der Waals surface area contributed by atoms with Crippen molar-refractivity contribution in [2.75, 3.05) is 0 Å². The first kappa shape index (κ1) is 14.3. The molecular weight excluding hydrogens is 282 g/mol. The summed E-state index contributed by atoms with van der Waals surface area (Å²) < 4.78 is 0. The molecule has 23 heavy (non-hydrogen) atoms. The number of aromatic amines is 1. The molecule has 1 N–H and O–H groups in total. The Morgan fingerprint density at radius 2 is 1.74 bits per heavy atom. The van der Waals surface area contributed by atoms with Crippen molar-refractivity contribution in [3.05, 3.63) is 70.9 Å². The van der Waals surface area contributed by atoms with Crippen LogP contribution in [0.2, 0.25) is 0 Å². The molecule has 0 bridgehead atoms. The van der Waals surface area contributed by atoms with E-state index < -0.39 is 0 Å². The molecule has 0 fully saturated rings. The van der Waals surface area contributed by atoms with Crippen molar-refractivity contribution >= 4 is 16.7 Å². The summed E-state index contributed by atoms with van der Waals surface area (Å²) in [6, 6.07) is 17.0. The van der Waals surface area contributed by atoms with E-state index in [0.717, 1.165) is 0 Å². The highest BCUT2D eigenvalue weighted by Gasteiger charge is 2.31. The van der Waals surface area contributed by atoms with E-state index >= 15 is 0 Å². The molecule has 0 amide bonds. The number of benzene rings is 2. The van der Waals surface area contributed by atoms with E-state index in [-0.39, 0.29) is 11.8 Å². The maximum Gasteiger partial charge on any atom is 0.134 e. The Morgan fingerprint density at radius 1 is 1.00 bits per heavy atom. The third kappa shape index (κ3) is 2.39. The fourth-order valence-corrected chi connectivity index (χ4v) is 3.93. The SMILES string of the molecule is Cc1ccc([C@H]2CC(=O)C[C@@H](C)c3c2[nH]c2ccccc32)cc1. The summed E-state index contributed by atoms with van der Waals surface area (Å²) in [5, 5.41) is 1.27. The lowest BCUT2D eigenvalue weighted by atomic mass is 9.89. The van der Waals surface area contributed by atoms with E-state index in [2.05, 4.69) is 67.4 Å². The first-order valence-corrected chi connectivity index (χ1v) is 8.32. The van der Waals surface area contributed by atoms with Crippen molar-refractivity contribution in [3.63, 3.8) is 0 Å². The summed E-state index contributed by atoms with van der Waals surface area (Å²) in [5.74, 6) is 0.760. The Balaban J connectivity index is 1.94. The van der Waals surface area contributed by atoms with Gasteiger partial charge in [0.15, 0.2) is 0 Å². The van der Waals surface area contributed by atoms with Crippen LogP contribution in [0.3, 0.4) is 0 Å². The van der Waals surface area contributed by atoms with Gasteiger partial charge in [-0.3, -0.25) is 4.79 Å². The number of rotatable bonds is 1. The number of H-pyrrole nitrogens is 1. The normalized spacial score (nSPS) is 21.2. The number of nitrogens with one attached hydrogen (secondary N) is 1. The van der Waals surface area contributed by atoms with E-state index in [1.54, 1.807) is 0 Å². The van der Waals surface area contributed by atoms with E-state index in [1.165, 1.54) is 33.3 Å². The van der Waals surface area contributed by atoms with E-state index in [9.17, 15) is 4.79 Å². The Bertz CT molecular complexity index is 872. The fourth-order valence-electron chi connectivity index (χ4n) is 3.93. The summed E-state index contributed by atoms with van der Waals surface area (Å²) in [5.41, 5.74) is 6.21. The standard InChI is InChI=1S/C21H21NO/c1-13-7-9-15(10-8-13)18-12-16(23)11-14(2)20-17-5-3-4-6-19(17)22-21(18)20/h3-10,14,18,22H,11-12H2,1-2H3/t14-,18-/m1/s1. The van der Waals surface area contributed by atoms with Crippen LogP contribution in [0.5, 0.6) is 0 Å². The topological polar surface area (TPSA) is 32.9 Å². The summed E-state index contributed by atoms with van der Waals surface area (Å²) in [6.45, 7) is 4.27. The van der Waals surface area contributed by atoms with Crippen molar-refractivity contribution in [1.29, 1.82) is 0 Å². The number of fused-ring (bicyclic) bond motifs is 3. The van der Waals surface area contributed by atoms with Crippen LogP contribution in [0.15, 0.2) is 48.5 Å². The number of carbonyl (C=O) groups excluding carboxylic acids is 1. The lowest BCUT2D eigenvalue weighted by Gasteiger charge is -2.16. The van der Waals surface area contributed by atoms with Gasteiger partial charge in [0.1, 0.15) is 5.78 Å². The average Bonchev–Trinajstić information content (AvgIpc) is 2.87. The Kier molecular flexibility index (Phi) is 3.33. The minimum Gasteiger partial charge on any atom is -0.358 e. The Morgan fingerprint density at radius 3 is 2.52 bits per heavy atom. The molecule has 0 radical (unpaired) electrons. The van der Waals surface area contributed by atoms with Crippen molar-refractivity contribution in [2.24, 2.45) is 0 Å². The van der Waals surface area contributed by atoms with Gasteiger partial charge in [-0.05, 0) is 30.0 Å². The third-order valence-corrected chi connectivity index (χ3v) is 5.06. The third-order valence-electron chi connectivity index (χ3n) is 5.06. The summed E-state index contributed by atoms with van der Waals surface area (Å²) in [7, 11) is 0. The predicted octanol–water partition coefficient (Wildman–Crippen LogP) is 5.07. The molecule has 1 heterocycles. The average molecular weight is 303 g/mol. The van der Waals surface area contributed by atoms with Crippen LogP contribution in [-0.4, -0.2) is 10.8 Å². The molecule has 0 saturated heterocycles. The first-order valence-electron chi connectivity index (χ1n) is 8.32. The molecule has 0 saturated carbocycles. The molecule has 4 rings (SSSR count). The zero-order valence-corrected chi connectivity index (χ0v) is 13.6. The van der Waals surface area contributed by atoms with Crippen LogP contribution >= 0.6 is 0 Å². The van der Waals surface area contributed by atoms with Gasteiger partial charge in [-0.15, -0.1) is 0 Å². The minimum absolute atomic E-state index is 0.135. The van der Waals surface area contributed by atoms with Crippen LogP contribution in [0.25, 0.3) is 10.9 Å². The highest BCUT2D eigenvalue weighted by atomic mass is 16.1. The van der Waals surface area contributed by atoms with Crippen molar-refractivity contribution in [1.82, 2.24) is 4.98 Å². The van der Waals surface area contributed by atoms with Gasteiger partial charge in [-0.25, -0.2) is 0 Å². The summed E-state index contributed by atoms with van der Waals surface area (Å²) in [6.07, 6.45) is 1.23. The van der Waals surface area contributed by atoms with Gasteiger partial charge in [-0.2, -0.15) is 0 Å². The van der Waals surface area contributed by atoms with Gasteiger partial charge in [0.05, 0.1) is 0 Å². The van der Waals surface area contributed by atoms with Gasteiger partial charge < -0.3 is 4.98 Å². The van der Waals surface area contributed by atoms with Crippen LogP contribution in [-0.2, 0) is 4.79 Å². The molecular formula is C21H21NO. The summed E-state index contributed by atoms with van der Waals surface area (Å²) in [4.78, 5) is 16.1. The molecule has 2 aromatic carbocycles. The molecule has 0 unspecified atom stereocenters. The molecule has 3 aromatic rings. The van der Waals surface area contributed by atoms with Gasteiger partial charge in [0.2, 0.25) is 0 Å². The van der Waals surface area contributed by atoms with Crippen molar-refractivity contribution in [3.8, 4) is 0 Å². The van der Waals surface area contributed by atoms with Crippen LogP contribution < -0.4 is 0 Å². The Hall–Kier alpha value is -2.35. The van der Waals surface area contributed by atoms with Crippen molar-refractivity contribution in [2.45, 2.75) is 38.5 Å². The van der Waals surface area contributed by atoms with Gasteiger partial charge in [0.25, 0.3) is 0 Å². The van der Waals surface area contributed by atoms with E-state index in [1.807, 2.05) is 0 Å². The number of Topliss-reactive ketones (excluding diaryl/α,β-unsaturated/α-hetero) is 1. The second-order valence-electron chi connectivity index (χ2n) is 6.81. The molecule has 0 aliphatic heterocycles. The molecule has 0 spiro atoms. The number of hydrogen-bond acceptors (Lipinski definition) is 1. The highest BCUT2D eigenvalue weighted by molar-refractivity contribution is 5.89. The maximum atomic E-state index is 12.4.